The molecule has 0 saturated carbocycles. The van der Waals surface area contributed by atoms with Crippen LogP contribution in [-0.4, -0.2) is 19.8 Å². The summed E-state index contributed by atoms with van der Waals surface area (Å²) in [5.41, 5.74) is 1.08. The molecule has 0 radical (unpaired) electrons. The Morgan fingerprint density at radius 2 is 1.87 bits per heavy atom. The molecule has 1 heterocycles. The Hall–Kier alpha value is -3.40. The van der Waals surface area contributed by atoms with Crippen molar-refractivity contribution in [2.45, 2.75) is 32.9 Å². The molecule has 0 spiro atoms. The van der Waals surface area contributed by atoms with Gasteiger partial charge in [0.1, 0.15) is 0 Å². The van der Waals surface area contributed by atoms with E-state index in [2.05, 4.69) is 10.4 Å². The molecule has 0 bridgehead atoms. The molecular formula is C21H22F3N5O2. The number of aromatic nitrogens is 4. The van der Waals surface area contributed by atoms with E-state index in [1.807, 2.05) is 6.92 Å². The Morgan fingerprint density at radius 3 is 2.45 bits per heavy atom. The number of alkyl halides is 3. The van der Waals surface area contributed by atoms with Crippen LogP contribution in [0.3, 0.4) is 0 Å². The maximum Gasteiger partial charge on any atom is 0.416 e. The largest absolute Gasteiger partial charge is 0.416 e. The first-order valence-corrected chi connectivity index (χ1v) is 9.55. The molecule has 0 aliphatic rings. The third-order valence-corrected chi connectivity index (χ3v) is 4.86. The molecule has 1 aromatic heterocycles. The predicted molar refractivity (Wildman–Crippen MR) is 110 cm³/mol. The van der Waals surface area contributed by atoms with Crippen molar-refractivity contribution in [3.8, 4) is 5.69 Å². The van der Waals surface area contributed by atoms with E-state index in [0.29, 0.717) is 40.8 Å². The zero-order valence-electron chi connectivity index (χ0n) is 17.3. The smallest absolute Gasteiger partial charge is 0.410 e. The number of nitrogens with two attached hydrogens (primary N) is 1. The Bertz CT molecular complexity index is 1180. The van der Waals surface area contributed by atoms with E-state index in [4.69, 9.17) is 10.7 Å². The summed E-state index contributed by atoms with van der Waals surface area (Å²) in [6, 6.07) is 10.2. The highest BCUT2D eigenvalue weighted by molar-refractivity contribution is 5.90. The van der Waals surface area contributed by atoms with Crippen LogP contribution >= 0.6 is 0 Å². The second-order valence-corrected chi connectivity index (χ2v) is 7.02. The van der Waals surface area contributed by atoms with E-state index in [1.54, 1.807) is 31.2 Å². The Morgan fingerprint density at radius 1 is 1.16 bits per heavy atom. The highest BCUT2D eigenvalue weighted by atomic mass is 19.4. The lowest BCUT2D eigenvalue weighted by Gasteiger charge is -2.19. The van der Waals surface area contributed by atoms with E-state index < -0.39 is 17.4 Å². The van der Waals surface area contributed by atoms with E-state index >= 15 is 0 Å². The van der Waals surface area contributed by atoms with Crippen LogP contribution in [0.5, 0.6) is 0 Å². The zero-order valence-corrected chi connectivity index (χ0v) is 17.3. The number of benzene rings is 2. The van der Waals surface area contributed by atoms with Crippen LogP contribution in [-0.2, 0) is 18.1 Å². The second-order valence-electron chi connectivity index (χ2n) is 7.02. The molecule has 2 N–H and O–H groups in total. The number of allylic oxidation sites excluding steroid dienone is 1. The molecule has 164 valence electrons. The van der Waals surface area contributed by atoms with Crippen molar-refractivity contribution in [1.82, 2.24) is 19.8 Å². The third kappa shape index (κ3) is 4.38. The maximum absolute atomic E-state index is 13.3. The van der Waals surface area contributed by atoms with Crippen LogP contribution < -0.4 is 11.6 Å². The second kappa shape index (κ2) is 8.76. The molecule has 0 aliphatic carbocycles. The minimum Gasteiger partial charge on any atom is -0.410 e. The fourth-order valence-electron chi connectivity index (χ4n) is 3.39. The van der Waals surface area contributed by atoms with Gasteiger partial charge in [0.2, 0.25) is 0 Å². The van der Waals surface area contributed by atoms with Gasteiger partial charge in [0.05, 0.1) is 11.3 Å². The molecule has 7 nitrogen and oxygen atoms in total. The van der Waals surface area contributed by atoms with Gasteiger partial charge >= 0.3 is 11.9 Å². The first-order valence-electron chi connectivity index (χ1n) is 9.55. The third-order valence-electron chi connectivity index (χ3n) is 4.86. The van der Waals surface area contributed by atoms with Gasteiger partial charge in [-0.1, -0.05) is 37.6 Å². The van der Waals surface area contributed by atoms with Gasteiger partial charge < -0.3 is 4.84 Å². The van der Waals surface area contributed by atoms with Crippen LogP contribution in [0.2, 0.25) is 0 Å². The van der Waals surface area contributed by atoms with Gasteiger partial charge in [0.15, 0.2) is 5.76 Å². The summed E-state index contributed by atoms with van der Waals surface area (Å²) >= 11 is 0. The number of aryl methyl sites for hydroxylation is 2. The lowest BCUT2D eigenvalue weighted by Crippen LogP contribution is -2.23. The van der Waals surface area contributed by atoms with Crippen LogP contribution in [0, 0.1) is 6.92 Å². The number of hydrogen-bond donors (Lipinski definition) is 1. The SMILES string of the molecule is CCC/C(=C(/ON)c1c(C)cccc1-n1nnn(C)c1=O)c1cccc(C(F)(F)F)c1. The summed E-state index contributed by atoms with van der Waals surface area (Å²) in [5.74, 6) is 5.82. The van der Waals surface area contributed by atoms with E-state index in [0.717, 1.165) is 21.5 Å². The molecule has 0 aliphatic heterocycles. The van der Waals surface area contributed by atoms with Gasteiger partial charge in [0, 0.05) is 18.2 Å². The van der Waals surface area contributed by atoms with Crippen molar-refractivity contribution in [2.75, 3.05) is 0 Å². The van der Waals surface area contributed by atoms with Gasteiger partial charge in [0.25, 0.3) is 0 Å². The molecule has 3 aromatic rings. The van der Waals surface area contributed by atoms with Gasteiger partial charge in [-0.2, -0.15) is 28.4 Å². The summed E-state index contributed by atoms with van der Waals surface area (Å²) in [5, 5.41) is 7.61. The van der Waals surface area contributed by atoms with Gasteiger partial charge in [-0.25, -0.2) is 4.79 Å². The van der Waals surface area contributed by atoms with Gasteiger partial charge in [-0.05, 0) is 53.1 Å². The molecule has 0 saturated heterocycles. The summed E-state index contributed by atoms with van der Waals surface area (Å²) < 4.78 is 42.0. The molecule has 0 unspecified atom stereocenters. The molecule has 10 heteroatoms. The zero-order chi connectivity index (χ0) is 22.8. The first-order chi connectivity index (χ1) is 14.7. The molecule has 0 amide bonds. The fraction of sp³-hybridized carbons (Fsp3) is 0.286. The Kier molecular flexibility index (Phi) is 6.30. The molecule has 2 aromatic carbocycles. The lowest BCUT2D eigenvalue weighted by molar-refractivity contribution is -0.137. The van der Waals surface area contributed by atoms with Crippen molar-refractivity contribution in [1.29, 1.82) is 0 Å². The fourth-order valence-corrected chi connectivity index (χ4v) is 3.39. The maximum atomic E-state index is 13.3. The average Bonchev–Trinajstić information content (AvgIpc) is 3.06. The van der Waals surface area contributed by atoms with E-state index in [1.165, 1.54) is 13.1 Å². The summed E-state index contributed by atoms with van der Waals surface area (Å²) in [6.07, 6.45) is -3.46. The van der Waals surface area contributed by atoms with Crippen molar-refractivity contribution < 1.29 is 18.0 Å². The summed E-state index contributed by atoms with van der Waals surface area (Å²) in [6.45, 7) is 3.68. The average molecular weight is 433 g/mol. The minimum atomic E-state index is -4.49. The Labute approximate surface area is 176 Å². The van der Waals surface area contributed by atoms with E-state index in [9.17, 15) is 18.0 Å². The predicted octanol–water partition coefficient (Wildman–Crippen LogP) is 3.85. The van der Waals surface area contributed by atoms with Crippen molar-refractivity contribution in [3.63, 3.8) is 0 Å². The highest BCUT2D eigenvalue weighted by Gasteiger charge is 2.31. The van der Waals surface area contributed by atoms with Gasteiger partial charge in [-0.15, -0.1) is 0 Å². The quantitative estimate of drug-likeness (QED) is 0.362. The standard InChI is InChI=1S/C21H22F3N5O2/c1-4-7-16(14-9-6-10-15(12-14)21(22,23)24)19(31-25)18-13(2)8-5-11-17(18)29-20(30)28(3)26-27-29/h5-6,8-12H,4,7,25H2,1-3H3/b19-16-. The molecule has 3 rings (SSSR count). The number of halogens is 3. The number of rotatable bonds is 6. The van der Waals surface area contributed by atoms with Crippen molar-refractivity contribution >= 4 is 11.3 Å². The van der Waals surface area contributed by atoms with Gasteiger partial charge in [-0.3, -0.25) is 0 Å². The van der Waals surface area contributed by atoms with Crippen molar-refractivity contribution in [3.05, 3.63) is 75.2 Å². The van der Waals surface area contributed by atoms with E-state index in [-0.39, 0.29) is 5.76 Å². The Balaban J connectivity index is 2.33. The van der Waals surface area contributed by atoms with Crippen LogP contribution in [0.25, 0.3) is 17.0 Å². The van der Waals surface area contributed by atoms with Crippen LogP contribution in [0.15, 0.2) is 47.3 Å². The first kappa shape index (κ1) is 22.3. The van der Waals surface area contributed by atoms with Crippen molar-refractivity contribution in [2.24, 2.45) is 12.9 Å². The monoisotopic (exact) mass is 433 g/mol. The topological polar surface area (TPSA) is 88.0 Å². The summed E-state index contributed by atoms with van der Waals surface area (Å²) in [7, 11) is 1.46. The van der Waals surface area contributed by atoms with Crippen LogP contribution in [0.4, 0.5) is 13.2 Å². The minimum absolute atomic E-state index is 0.173. The highest BCUT2D eigenvalue weighted by Crippen LogP contribution is 2.37. The van der Waals surface area contributed by atoms with Crippen LogP contribution in [0.1, 0.15) is 42.0 Å². The summed E-state index contributed by atoms with van der Waals surface area (Å²) in [4.78, 5) is 17.7. The number of tetrazole rings is 1. The number of hydrogen-bond acceptors (Lipinski definition) is 5. The molecule has 31 heavy (non-hydrogen) atoms. The number of nitrogens with zero attached hydrogens (tertiary/aromatic N) is 4. The molecule has 0 fully saturated rings. The molecule has 0 atom stereocenters. The molecular weight excluding hydrogens is 411 g/mol. The normalized spacial score (nSPS) is 12.6. The lowest BCUT2D eigenvalue weighted by atomic mass is 9.93.